The van der Waals surface area contributed by atoms with E-state index < -0.39 is 0 Å². The minimum absolute atomic E-state index is 0.543. The number of rotatable bonds is 0. The van der Waals surface area contributed by atoms with Gasteiger partial charge in [0.2, 0.25) is 0 Å². The summed E-state index contributed by atoms with van der Waals surface area (Å²) in [6, 6.07) is 3.68. The van der Waals surface area contributed by atoms with E-state index in [0.29, 0.717) is 16.5 Å². The van der Waals surface area contributed by atoms with Gasteiger partial charge in [-0.05, 0) is 24.6 Å². The quantitative estimate of drug-likeness (QED) is 0.385. The summed E-state index contributed by atoms with van der Waals surface area (Å²) in [5, 5.41) is 0.559. The molecular weight excluding hydrogens is 202 g/mol. The van der Waals surface area contributed by atoms with E-state index in [9.17, 15) is 0 Å². The molecule has 0 spiro atoms. The van der Waals surface area contributed by atoms with E-state index in [0.717, 1.165) is 11.1 Å². The molecule has 0 heterocycles. The fourth-order valence-electron chi connectivity index (χ4n) is 0.969. The maximum absolute atomic E-state index is 5.89. The first-order valence-electron chi connectivity index (χ1n) is 3.80. The Labute approximate surface area is 88.7 Å². The number of hydrogen-bond donors (Lipinski definition) is 2. The van der Waals surface area contributed by atoms with Gasteiger partial charge in [-0.3, -0.25) is 0 Å². The largest absolute Gasteiger partial charge is 0.397 e. The van der Waals surface area contributed by atoms with Gasteiger partial charge in [0, 0.05) is 5.56 Å². The van der Waals surface area contributed by atoms with E-state index in [1.54, 1.807) is 6.07 Å². The third-order valence-corrected chi connectivity index (χ3v) is 2.12. The summed E-state index contributed by atoms with van der Waals surface area (Å²) in [6.07, 6.45) is 0. The normalized spacial score (nSPS) is 9.15. The Bertz CT molecular complexity index is 353. The first-order chi connectivity index (χ1) is 6.15. The molecule has 2 N–H and O–H groups in total. The first kappa shape index (κ1) is 10.3. The molecule has 0 aliphatic rings. The van der Waals surface area contributed by atoms with Crippen LogP contribution in [0.3, 0.4) is 0 Å². The van der Waals surface area contributed by atoms with Crippen molar-refractivity contribution in [2.75, 3.05) is 11.5 Å². The highest BCUT2D eigenvalue weighted by Gasteiger charge is 2.00. The topological polar surface area (TPSA) is 26.0 Å². The molecule has 0 radical (unpaired) electrons. The van der Waals surface area contributed by atoms with E-state index in [4.69, 9.17) is 17.3 Å². The van der Waals surface area contributed by atoms with E-state index in [1.807, 2.05) is 13.0 Å². The molecule has 68 valence electrons. The number of benzene rings is 1. The predicted octanol–water partition coefficient (Wildman–Crippen LogP) is 2.51. The number of aryl methyl sites for hydroxylation is 1. The molecule has 13 heavy (non-hydrogen) atoms. The number of anilines is 1. The Kier molecular flexibility index (Phi) is 3.53. The van der Waals surface area contributed by atoms with Gasteiger partial charge < -0.3 is 5.73 Å². The van der Waals surface area contributed by atoms with Crippen molar-refractivity contribution >= 4 is 29.9 Å². The average molecular weight is 212 g/mol. The molecule has 0 amide bonds. The fourth-order valence-corrected chi connectivity index (χ4v) is 1.31. The lowest BCUT2D eigenvalue weighted by molar-refractivity contribution is 1.45. The van der Waals surface area contributed by atoms with Crippen molar-refractivity contribution in [3.05, 3.63) is 28.3 Å². The summed E-state index contributed by atoms with van der Waals surface area (Å²) >= 11 is 9.88. The Hall–Kier alpha value is -0.780. The van der Waals surface area contributed by atoms with E-state index in [1.165, 1.54) is 0 Å². The Morgan fingerprint density at radius 2 is 2.23 bits per heavy atom. The van der Waals surface area contributed by atoms with Crippen LogP contribution in [0.2, 0.25) is 5.02 Å². The fraction of sp³-hybridized carbons (Fsp3) is 0.200. The third kappa shape index (κ3) is 2.58. The zero-order chi connectivity index (χ0) is 9.84. The highest BCUT2D eigenvalue weighted by molar-refractivity contribution is 7.80. The van der Waals surface area contributed by atoms with Gasteiger partial charge in [0.05, 0.1) is 16.5 Å². The van der Waals surface area contributed by atoms with Crippen molar-refractivity contribution in [1.82, 2.24) is 0 Å². The van der Waals surface area contributed by atoms with E-state index in [2.05, 4.69) is 24.5 Å². The summed E-state index contributed by atoms with van der Waals surface area (Å²) in [7, 11) is 0. The van der Waals surface area contributed by atoms with Crippen LogP contribution in [0.4, 0.5) is 5.69 Å². The summed E-state index contributed by atoms with van der Waals surface area (Å²) in [5.41, 5.74) is 8.14. The number of nitrogens with two attached hydrogens (primary N) is 1. The summed E-state index contributed by atoms with van der Waals surface area (Å²) in [5.74, 6) is 6.33. The van der Waals surface area contributed by atoms with Gasteiger partial charge in [-0.15, -0.1) is 0 Å². The van der Waals surface area contributed by atoms with Gasteiger partial charge in [-0.25, -0.2) is 0 Å². The van der Waals surface area contributed by atoms with Crippen molar-refractivity contribution in [1.29, 1.82) is 0 Å². The summed E-state index contributed by atoms with van der Waals surface area (Å²) < 4.78 is 0. The molecule has 0 saturated heterocycles. The minimum Gasteiger partial charge on any atom is -0.397 e. The second-order valence-electron chi connectivity index (χ2n) is 2.65. The molecule has 1 rings (SSSR count). The van der Waals surface area contributed by atoms with Crippen molar-refractivity contribution in [3.63, 3.8) is 0 Å². The van der Waals surface area contributed by atoms with Crippen molar-refractivity contribution in [2.24, 2.45) is 0 Å². The molecule has 0 atom stereocenters. The average Bonchev–Trinajstić information content (AvgIpc) is 2.10. The smallest absolute Gasteiger partial charge is 0.0650 e. The van der Waals surface area contributed by atoms with Gasteiger partial charge in [0.1, 0.15) is 0 Å². The van der Waals surface area contributed by atoms with Gasteiger partial charge in [-0.1, -0.05) is 23.4 Å². The van der Waals surface area contributed by atoms with Crippen LogP contribution in [0.5, 0.6) is 0 Å². The molecule has 0 saturated carbocycles. The minimum atomic E-state index is 0.543. The highest BCUT2D eigenvalue weighted by Crippen LogP contribution is 2.23. The maximum Gasteiger partial charge on any atom is 0.0650 e. The number of hydrogen-bond acceptors (Lipinski definition) is 2. The maximum atomic E-state index is 5.89. The molecule has 0 aromatic heterocycles. The lowest BCUT2D eigenvalue weighted by Gasteiger charge is -2.02. The lowest BCUT2D eigenvalue weighted by Crippen LogP contribution is -1.91. The second-order valence-corrected chi connectivity index (χ2v) is 3.37. The van der Waals surface area contributed by atoms with Gasteiger partial charge in [-0.2, -0.15) is 12.6 Å². The molecule has 0 aliphatic carbocycles. The molecule has 0 bridgehead atoms. The standard InChI is InChI=1S/C10H10ClNS/c1-7-5-8(3-2-4-13)6-9(11)10(7)12/h5-6,13H,4,12H2,1H3. The zero-order valence-electron chi connectivity index (χ0n) is 7.26. The summed E-state index contributed by atoms with van der Waals surface area (Å²) in [4.78, 5) is 0. The van der Waals surface area contributed by atoms with Crippen molar-refractivity contribution in [2.45, 2.75) is 6.92 Å². The zero-order valence-corrected chi connectivity index (χ0v) is 8.91. The van der Waals surface area contributed by atoms with Crippen LogP contribution in [-0.2, 0) is 0 Å². The Morgan fingerprint density at radius 1 is 1.54 bits per heavy atom. The van der Waals surface area contributed by atoms with Crippen LogP contribution in [0.25, 0.3) is 0 Å². The van der Waals surface area contributed by atoms with Crippen LogP contribution in [0.15, 0.2) is 12.1 Å². The number of thiol groups is 1. The molecular formula is C10H10ClNS. The Balaban J connectivity index is 3.13. The monoisotopic (exact) mass is 211 g/mol. The molecule has 0 aliphatic heterocycles. The van der Waals surface area contributed by atoms with Gasteiger partial charge in [0.25, 0.3) is 0 Å². The van der Waals surface area contributed by atoms with E-state index >= 15 is 0 Å². The van der Waals surface area contributed by atoms with Crippen LogP contribution in [0.1, 0.15) is 11.1 Å². The van der Waals surface area contributed by atoms with Crippen molar-refractivity contribution in [3.8, 4) is 11.8 Å². The Morgan fingerprint density at radius 3 is 2.77 bits per heavy atom. The molecule has 0 unspecified atom stereocenters. The van der Waals surface area contributed by atoms with Gasteiger partial charge >= 0.3 is 0 Å². The molecule has 3 heteroatoms. The number of nitrogen functional groups attached to an aromatic ring is 1. The van der Waals surface area contributed by atoms with Crippen LogP contribution < -0.4 is 5.73 Å². The third-order valence-electron chi connectivity index (χ3n) is 1.65. The second kappa shape index (κ2) is 4.45. The lowest BCUT2D eigenvalue weighted by atomic mass is 10.1. The molecule has 0 fully saturated rings. The highest BCUT2D eigenvalue weighted by atomic mass is 35.5. The van der Waals surface area contributed by atoms with Gasteiger partial charge in [0.15, 0.2) is 0 Å². The molecule has 1 nitrogen and oxygen atoms in total. The molecule has 1 aromatic rings. The predicted molar refractivity (Wildman–Crippen MR) is 61.3 cm³/mol. The van der Waals surface area contributed by atoms with E-state index in [-0.39, 0.29) is 0 Å². The SMILES string of the molecule is Cc1cc(C#CCS)cc(Cl)c1N. The first-order valence-corrected chi connectivity index (χ1v) is 4.81. The van der Waals surface area contributed by atoms with Crippen LogP contribution >= 0.6 is 24.2 Å². The molecule has 1 aromatic carbocycles. The summed E-state index contributed by atoms with van der Waals surface area (Å²) in [6.45, 7) is 1.91. The van der Waals surface area contributed by atoms with Crippen molar-refractivity contribution < 1.29 is 0 Å². The van der Waals surface area contributed by atoms with Crippen LogP contribution in [-0.4, -0.2) is 5.75 Å². The van der Waals surface area contributed by atoms with Crippen LogP contribution in [0, 0.1) is 18.8 Å². The number of halogens is 1.